The maximum atomic E-state index is 13.1. The zero-order chi connectivity index (χ0) is 12.6. The van der Waals surface area contributed by atoms with Gasteiger partial charge in [0.25, 0.3) is 0 Å². The van der Waals surface area contributed by atoms with Crippen molar-refractivity contribution in [2.75, 3.05) is 0 Å². The predicted octanol–water partition coefficient (Wildman–Crippen LogP) is 2.29. The summed E-state index contributed by atoms with van der Waals surface area (Å²) in [5.41, 5.74) is -0.328. The number of hydrogen-bond donors (Lipinski definition) is 1. The van der Waals surface area contributed by atoms with Crippen LogP contribution in [-0.2, 0) is 5.60 Å². The molecule has 0 aliphatic heterocycles. The van der Waals surface area contributed by atoms with Crippen molar-refractivity contribution in [3.63, 3.8) is 0 Å². The van der Waals surface area contributed by atoms with Crippen molar-refractivity contribution in [1.29, 1.82) is 0 Å². The van der Waals surface area contributed by atoms with Gasteiger partial charge in [-0.25, -0.2) is 9.07 Å². The van der Waals surface area contributed by atoms with Gasteiger partial charge in [-0.15, -0.1) is 5.10 Å². The first kappa shape index (κ1) is 12.0. The number of aliphatic hydroxyl groups is 1. The Hall–Kier alpha value is -1.46. The van der Waals surface area contributed by atoms with E-state index in [1.165, 1.54) is 29.1 Å². The highest BCUT2D eigenvalue weighted by Gasteiger charge is 2.20. The molecule has 0 aliphatic carbocycles. The molecule has 6 heteroatoms. The van der Waals surface area contributed by atoms with Gasteiger partial charge in [-0.2, -0.15) is 0 Å². The molecule has 4 nitrogen and oxygen atoms in total. The van der Waals surface area contributed by atoms with E-state index in [1.807, 2.05) is 0 Å². The first-order valence-corrected chi connectivity index (χ1v) is 5.36. The maximum absolute atomic E-state index is 13.1. The second-order valence-corrected chi connectivity index (χ2v) is 4.61. The van der Waals surface area contributed by atoms with Crippen molar-refractivity contribution >= 4 is 11.6 Å². The van der Waals surface area contributed by atoms with Crippen LogP contribution < -0.4 is 0 Å². The van der Waals surface area contributed by atoms with Crippen LogP contribution in [0.15, 0.2) is 24.4 Å². The molecule has 0 aliphatic rings. The smallest absolute Gasteiger partial charge is 0.125 e. The van der Waals surface area contributed by atoms with Crippen LogP contribution in [0.4, 0.5) is 4.39 Å². The van der Waals surface area contributed by atoms with E-state index in [4.69, 9.17) is 11.6 Å². The highest BCUT2D eigenvalue weighted by atomic mass is 35.5. The lowest BCUT2D eigenvalue weighted by atomic mass is 10.1. The zero-order valence-corrected chi connectivity index (χ0v) is 10.1. The lowest BCUT2D eigenvalue weighted by molar-refractivity contribution is 0.0737. The number of rotatable bonds is 2. The van der Waals surface area contributed by atoms with Crippen molar-refractivity contribution in [1.82, 2.24) is 15.0 Å². The molecule has 17 heavy (non-hydrogen) atoms. The third-order valence-corrected chi connectivity index (χ3v) is 2.59. The Kier molecular flexibility index (Phi) is 2.89. The molecular formula is C11H11ClFN3O. The number of nitrogens with zero attached hydrogens (tertiary/aromatic N) is 3. The van der Waals surface area contributed by atoms with Gasteiger partial charge in [0.2, 0.25) is 0 Å². The third-order valence-electron chi connectivity index (χ3n) is 2.28. The average Bonchev–Trinajstić information content (AvgIpc) is 2.70. The normalized spacial score (nSPS) is 11.8. The fourth-order valence-corrected chi connectivity index (χ4v) is 1.53. The molecule has 0 saturated carbocycles. The van der Waals surface area contributed by atoms with Crippen molar-refractivity contribution in [2.24, 2.45) is 0 Å². The molecule has 0 radical (unpaired) electrons. The van der Waals surface area contributed by atoms with Crippen LogP contribution in [0, 0.1) is 5.82 Å². The van der Waals surface area contributed by atoms with Crippen LogP contribution in [0.2, 0.25) is 5.02 Å². The summed E-state index contributed by atoms with van der Waals surface area (Å²) in [6.45, 7) is 3.18. The van der Waals surface area contributed by atoms with Crippen LogP contribution in [0.1, 0.15) is 19.5 Å². The summed E-state index contributed by atoms with van der Waals surface area (Å²) in [6.07, 6.45) is 1.51. The fraction of sp³-hybridized carbons (Fsp3) is 0.273. The van der Waals surface area contributed by atoms with Crippen molar-refractivity contribution in [3.8, 4) is 5.69 Å². The summed E-state index contributed by atoms with van der Waals surface area (Å²) in [5, 5.41) is 17.7. The van der Waals surface area contributed by atoms with Crippen LogP contribution in [0.25, 0.3) is 5.69 Å². The van der Waals surface area contributed by atoms with Gasteiger partial charge >= 0.3 is 0 Å². The van der Waals surface area contributed by atoms with E-state index < -0.39 is 11.4 Å². The SMILES string of the molecule is CC(C)(O)c1cn(-c2cc(F)ccc2Cl)nn1. The molecule has 0 fully saturated rings. The summed E-state index contributed by atoms with van der Waals surface area (Å²) in [5.74, 6) is -0.412. The summed E-state index contributed by atoms with van der Waals surface area (Å²) < 4.78 is 14.4. The van der Waals surface area contributed by atoms with Crippen LogP contribution in [-0.4, -0.2) is 20.1 Å². The minimum atomic E-state index is -1.10. The van der Waals surface area contributed by atoms with E-state index >= 15 is 0 Å². The summed E-state index contributed by atoms with van der Waals surface area (Å²) >= 11 is 5.94. The first-order valence-electron chi connectivity index (χ1n) is 4.98. The zero-order valence-electron chi connectivity index (χ0n) is 9.35. The van der Waals surface area contributed by atoms with E-state index in [-0.39, 0.29) is 0 Å². The molecule has 0 bridgehead atoms. The third kappa shape index (κ3) is 2.45. The standard InChI is InChI=1S/C11H11ClFN3O/c1-11(2,17)10-6-16(15-14-10)9-5-7(13)3-4-8(9)12/h3-6,17H,1-2H3. The molecule has 1 heterocycles. The highest BCUT2D eigenvalue weighted by Crippen LogP contribution is 2.23. The Morgan fingerprint density at radius 1 is 1.41 bits per heavy atom. The fourth-order valence-electron chi connectivity index (χ4n) is 1.32. The monoisotopic (exact) mass is 255 g/mol. The van der Waals surface area contributed by atoms with Gasteiger partial charge in [0.15, 0.2) is 0 Å². The molecule has 0 saturated heterocycles. The topological polar surface area (TPSA) is 50.9 Å². The lowest BCUT2D eigenvalue weighted by Gasteiger charge is -2.11. The van der Waals surface area contributed by atoms with Crippen molar-refractivity contribution in [3.05, 3.63) is 40.9 Å². The van der Waals surface area contributed by atoms with E-state index in [0.717, 1.165) is 0 Å². The first-order chi connectivity index (χ1) is 7.88. The molecule has 1 N–H and O–H groups in total. The minimum Gasteiger partial charge on any atom is -0.384 e. The number of aromatic nitrogens is 3. The quantitative estimate of drug-likeness (QED) is 0.896. The Balaban J connectivity index is 2.47. The molecule has 0 unspecified atom stereocenters. The lowest BCUT2D eigenvalue weighted by Crippen LogP contribution is -2.15. The predicted molar refractivity (Wildman–Crippen MR) is 61.6 cm³/mol. The van der Waals surface area contributed by atoms with Crippen LogP contribution in [0.3, 0.4) is 0 Å². The summed E-state index contributed by atoms with van der Waals surface area (Å²) in [4.78, 5) is 0. The minimum absolute atomic E-state index is 0.360. The van der Waals surface area contributed by atoms with Gasteiger partial charge < -0.3 is 5.11 Å². The molecule has 0 atom stereocenters. The van der Waals surface area contributed by atoms with Gasteiger partial charge in [-0.3, -0.25) is 0 Å². The molecule has 1 aromatic heterocycles. The largest absolute Gasteiger partial charge is 0.384 e. The average molecular weight is 256 g/mol. The molecule has 2 aromatic rings. The van der Waals surface area contributed by atoms with Crippen LogP contribution >= 0.6 is 11.6 Å². The molecule has 1 aromatic carbocycles. The summed E-state index contributed by atoms with van der Waals surface area (Å²) in [6, 6.07) is 3.96. The van der Waals surface area contributed by atoms with Crippen LogP contribution in [0.5, 0.6) is 0 Å². The second kappa shape index (κ2) is 4.09. The van der Waals surface area contributed by atoms with E-state index in [1.54, 1.807) is 13.8 Å². The molecule has 0 amide bonds. The van der Waals surface area contributed by atoms with Gasteiger partial charge in [0.05, 0.1) is 16.9 Å². The van der Waals surface area contributed by atoms with E-state index in [9.17, 15) is 9.50 Å². The van der Waals surface area contributed by atoms with Gasteiger partial charge in [0.1, 0.15) is 17.1 Å². The molecule has 0 spiro atoms. The van der Waals surface area contributed by atoms with Gasteiger partial charge in [0, 0.05) is 6.07 Å². The molecular weight excluding hydrogens is 245 g/mol. The Bertz CT molecular complexity index is 548. The number of benzene rings is 1. The highest BCUT2D eigenvalue weighted by molar-refractivity contribution is 6.32. The maximum Gasteiger partial charge on any atom is 0.125 e. The Morgan fingerprint density at radius 3 is 2.71 bits per heavy atom. The second-order valence-electron chi connectivity index (χ2n) is 4.20. The number of hydrogen-bond acceptors (Lipinski definition) is 3. The van der Waals surface area contributed by atoms with E-state index in [2.05, 4.69) is 10.3 Å². The Labute approximate surface area is 103 Å². The van der Waals surface area contributed by atoms with Gasteiger partial charge in [-0.05, 0) is 26.0 Å². The summed E-state index contributed by atoms with van der Waals surface area (Å²) in [7, 11) is 0. The van der Waals surface area contributed by atoms with Crippen molar-refractivity contribution in [2.45, 2.75) is 19.4 Å². The molecule has 2 rings (SSSR count). The van der Waals surface area contributed by atoms with Gasteiger partial charge in [-0.1, -0.05) is 16.8 Å². The van der Waals surface area contributed by atoms with E-state index in [0.29, 0.717) is 16.4 Å². The molecule has 90 valence electrons. The number of halogens is 2. The Morgan fingerprint density at radius 2 is 2.12 bits per heavy atom. The van der Waals surface area contributed by atoms with Crippen molar-refractivity contribution < 1.29 is 9.50 Å².